The van der Waals surface area contributed by atoms with Crippen LogP contribution in [0.25, 0.3) is 5.69 Å². The van der Waals surface area contributed by atoms with Crippen LogP contribution in [0.1, 0.15) is 25.5 Å². The largest absolute Gasteiger partial charge is 0.381 e. The Bertz CT molecular complexity index is 504. The number of para-hydroxylation sites is 1. The second-order valence-electron chi connectivity index (χ2n) is 3.88. The molecule has 0 unspecified atom stereocenters. The molecular formula is C11H13BrN4. The van der Waals surface area contributed by atoms with Crippen molar-refractivity contribution < 1.29 is 0 Å². The monoisotopic (exact) mass is 280 g/mol. The maximum absolute atomic E-state index is 5.82. The van der Waals surface area contributed by atoms with Crippen LogP contribution in [0.3, 0.4) is 0 Å². The molecule has 0 fully saturated rings. The van der Waals surface area contributed by atoms with E-state index in [2.05, 4.69) is 40.1 Å². The van der Waals surface area contributed by atoms with Crippen molar-refractivity contribution in [2.75, 3.05) is 5.73 Å². The minimum Gasteiger partial charge on any atom is -0.381 e. The summed E-state index contributed by atoms with van der Waals surface area (Å²) in [5.41, 5.74) is 7.71. The van der Waals surface area contributed by atoms with Gasteiger partial charge in [-0.05, 0) is 34.0 Å². The number of benzene rings is 1. The molecule has 0 saturated heterocycles. The van der Waals surface area contributed by atoms with Crippen molar-refractivity contribution in [1.29, 1.82) is 0 Å². The molecule has 16 heavy (non-hydrogen) atoms. The van der Waals surface area contributed by atoms with Crippen LogP contribution in [0.4, 0.5) is 5.82 Å². The number of nitrogens with zero attached hydrogens (tertiary/aromatic N) is 3. The lowest BCUT2D eigenvalue weighted by Crippen LogP contribution is -2.06. The zero-order valence-electron chi connectivity index (χ0n) is 9.18. The second kappa shape index (κ2) is 4.25. The van der Waals surface area contributed by atoms with Crippen molar-refractivity contribution in [3.63, 3.8) is 0 Å². The maximum atomic E-state index is 5.82. The van der Waals surface area contributed by atoms with Gasteiger partial charge >= 0.3 is 0 Å². The van der Waals surface area contributed by atoms with Gasteiger partial charge in [-0.3, -0.25) is 0 Å². The molecule has 0 spiro atoms. The van der Waals surface area contributed by atoms with E-state index >= 15 is 0 Å². The van der Waals surface area contributed by atoms with Gasteiger partial charge in [0, 0.05) is 4.47 Å². The first kappa shape index (κ1) is 11.1. The van der Waals surface area contributed by atoms with E-state index in [0.29, 0.717) is 5.82 Å². The molecule has 1 aromatic heterocycles. The van der Waals surface area contributed by atoms with E-state index in [-0.39, 0.29) is 5.92 Å². The standard InChI is InChI=1S/C11H13BrN4/c1-7(2)10-11(13)14-15-16(10)9-6-4-3-5-8(9)12/h3-7H,13H2,1-2H3. The molecule has 0 bridgehead atoms. The Kier molecular flexibility index (Phi) is 2.96. The molecule has 0 aliphatic heterocycles. The molecule has 84 valence electrons. The summed E-state index contributed by atoms with van der Waals surface area (Å²) in [6.07, 6.45) is 0. The first-order valence-electron chi connectivity index (χ1n) is 5.07. The van der Waals surface area contributed by atoms with Gasteiger partial charge in [-0.2, -0.15) is 0 Å². The van der Waals surface area contributed by atoms with Crippen molar-refractivity contribution in [2.45, 2.75) is 19.8 Å². The molecule has 0 aliphatic rings. The second-order valence-corrected chi connectivity index (χ2v) is 4.73. The van der Waals surface area contributed by atoms with Gasteiger partial charge in [0.25, 0.3) is 0 Å². The fraction of sp³-hybridized carbons (Fsp3) is 0.273. The first-order chi connectivity index (χ1) is 7.61. The van der Waals surface area contributed by atoms with Gasteiger partial charge in [0.05, 0.1) is 11.4 Å². The molecule has 2 rings (SSSR count). The summed E-state index contributed by atoms with van der Waals surface area (Å²) < 4.78 is 2.76. The molecule has 0 amide bonds. The number of nitrogen functional groups attached to an aromatic ring is 1. The predicted octanol–water partition coefficient (Wildman–Crippen LogP) is 2.74. The Hall–Kier alpha value is -1.36. The maximum Gasteiger partial charge on any atom is 0.169 e. The number of rotatable bonds is 2. The van der Waals surface area contributed by atoms with E-state index in [9.17, 15) is 0 Å². The van der Waals surface area contributed by atoms with Crippen LogP contribution < -0.4 is 5.73 Å². The van der Waals surface area contributed by atoms with E-state index in [1.807, 2.05) is 24.3 Å². The normalized spacial score (nSPS) is 11.0. The van der Waals surface area contributed by atoms with Gasteiger partial charge in [0.1, 0.15) is 0 Å². The first-order valence-corrected chi connectivity index (χ1v) is 5.86. The summed E-state index contributed by atoms with van der Waals surface area (Å²) in [5, 5.41) is 8.00. The van der Waals surface area contributed by atoms with E-state index in [4.69, 9.17) is 5.73 Å². The Labute approximate surface area is 103 Å². The SMILES string of the molecule is CC(C)c1c(N)nnn1-c1ccccc1Br. The van der Waals surface area contributed by atoms with Crippen LogP contribution >= 0.6 is 15.9 Å². The molecule has 2 aromatic rings. The molecule has 4 nitrogen and oxygen atoms in total. The summed E-state index contributed by atoms with van der Waals surface area (Å²) in [6.45, 7) is 4.14. The van der Waals surface area contributed by atoms with E-state index in [0.717, 1.165) is 15.9 Å². The highest BCUT2D eigenvalue weighted by Gasteiger charge is 2.16. The number of hydrogen-bond donors (Lipinski definition) is 1. The fourth-order valence-corrected chi connectivity index (χ4v) is 2.10. The third-order valence-corrected chi connectivity index (χ3v) is 3.03. The van der Waals surface area contributed by atoms with Gasteiger partial charge in [-0.15, -0.1) is 5.10 Å². The van der Waals surface area contributed by atoms with Crippen molar-refractivity contribution >= 4 is 21.7 Å². The van der Waals surface area contributed by atoms with Crippen LogP contribution in [0.15, 0.2) is 28.7 Å². The summed E-state index contributed by atoms with van der Waals surface area (Å²) in [5.74, 6) is 0.771. The molecule has 1 aromatic carbocycles. The summed E-state index contributed by atoms with van der Waals surface area (Å²) in [7, 11) is 0. The van der Waals surface area contributed by atoms with Gasteiger partial charge in [-0.25, -0.2) is 4.68 Å². The highest BCUT2D eigenvalue weighted by atomic mass is 79.9. The number of anilines is 1. The molecule has 0 saturated carbocycles. The minimum absolute atomic E-state index is 0.280. The third kappa shape index (κ3) is 1.82. The Morgan fingerprint density at radius 2 is 2.00 bits per heavy atom. The van der Waals surface area contributed by atoms with E-state index in [1.54, 1.807) is 4.68 Å². The van der Waals surface area contributed by atoms with Gasteiger partial charge in [0.15, 0.2) is 5.82 Å². The topological polar surface area (TPSA) is 56.7 Å². The van der Waals surface area contributed by atoms with Crippen LogP contribution in [0.5, 0.6) is 0 Å². The molecule has 0 aliphatic carbocycles. The van der Waals surface area contributed by atoms with E-state index in [1.165, 1.54) is 0 Å². The van der Waals surface area contributed by atoms with Crippen molar-refractivity contribution in [1.82, 2.24) is 15.0 Å². The lowest BCUT2D eigenvalue weighted by Gasteiger charge is -2.10. The van der Waals surface area contributed by atoms with Crippen LogP contribution in [-0.4, -0.2) is 15.0 Å². The molecule has 2 N–H and O–H groups in total. The number of aromatic nitrogens is 3. The molecule has 0 atom stereocenters. The molecule has 5 heteroatoms. The smallest absolute Gasteiger partial charge is 0.169 e. The highest BCUT2D eigenvalue weighted by molar-refractivity contribution is 9.10. The predicted molar refractivity (Wildman–Crippen MR) is 67.6 cm³/mol. The average molecular weight is 281 g/mol. The Morgan fingerprint density at radius 3 is 2.62 bits per heavy atom. The molecule has 1 heterocycles. The lowest BCUT2D eigenvalue weighted by atomic mass is 10.1. The van der Waals surface area contributed by atoms with Crippen LogP contribution in [0, 0.1) is 0 Å². The van der Waals surface area contributed by atoms with Crippen molar-refractivity contribution in [2.24, 2.45) is 0 Å². The molecular weight excluding hydrogens is 268 g/mol. The lowest BCUT2D eigenvalue weighted by molar-refractivity contribution is 0.714. The molecule has 0 radical (unpaired) electrons. The van der Waals surface area contributed by atoms with Crippen LogP contribution in [-0.2, 0) is 0 Å². The summed E-state index contributed by atoms with van der Waals surface area (Å²) in [4.78, 5) is 0. The Morgan fingerprint density at radius 1 is 1.31 bits per heavy atom. The fourth-order valence-electron chi connectivity index (χ4n) is 1.64. The van der Waals surface area contributed by atoms with Crippen molar-refractivity contribution in [3.8, 4) is 5.69 Å². The highest BCUT2D eigenvalue weighted by Crippen LogP contribution is 2.26. The van der Waals surface area contributed by atoms with Gasteiger partial charge < -0.3 is 5.73 Å². The zero-order valence-corrected chi connectivity index (χ0v) is 10.8. The third-order valence-electron chi connectivity index (χ3n) is 2.36. The van der Waals surface area contributed by atoms with Crippen molar-refractivity contribution in [3.05, 3.63) is 34.4 Å². The number of hydrogen-bond acceptors (Lipinski definition) is 3. The zero-order chi connectivity index (χ0) is 11.7. The number of halogens is 1. The summed E-state index contributed by atoms with van der Waals surface area (Å²) >= 11 is 3.50. The Balaban J connectivity index is 2.61. The van der Waals surface area contributed by atoms with Crippen LogP contribution in [0.2, 0.25) is 0 Å². The quantitative estimate of drug-likeness (QED) is 0.920. The number of nitrogens with two attached hydrogens (primary N) is 1. The summed E-state index contributed by atoms with van der Waals surface area (Å²) in [6, 6.07) is 7.87. The minimum atomic E-state index is 0.280. The van der Waals surface area contributed by atoms with Gasteiger partial charge in [0.2, 0.25) is 0 Å². The average Bonchev–Trinajstić information content (AvgIpc) is 2.61. The van der Waals surface area contributed by atoms with E-state index < -0.39 is 0 Å². The van der Waals surface area contributed by atoms with Gasteiger partial charge in [-0.1, -0.05) is 31.2 Å².